The summed E-state index contributed by atoms with van der Waals surface area (Å²) in [6, 6.07) is 9.18. The lowest BCUT2D eigenvalue weighted by atomic mass is 10.2. The van der Waals surface area contributed by atoms with Gasteiger partial charge in [0.25, 0.3) is 0 Å². The van der Waals surface area contributed by atoms with E-state index in [0.717, 1.165) is 0 Å². The van der Waals surface area contributed by atoms with Gasteiger partial charge >= 0.3 is 0 Å². The quantitative estimate of drug-likeness (QED) is 0.732. The highest BCUT2D eigenvalue weighted by Gasteiger charge is 2.11. The molecule has 6 nitrogen and oxygen atoms in total. The molecule has 0 unspecified atom stereocenters. The predicted molar refractivity (Wildman–Crippen MR) is 68.3 cm³/mol. The summed E-state index contributed by atoms with van der Waals surface area (Å²) < 4.78 is 12.8. The van der Waals surface area contributed by atoms with Crippen molar-refractivity contribution in [1.29, 1.82) is 0 Å². The van der Waals surface area contributed by atoms with Crippen LogP contribution in [-0.4, -0.2) is 31.0 Å². The van der Waals surface area contributed by atoms with Gasteiger partial charge in [-0.05, 0) is 41.6 Å². The van der Waals surface area contributed by atoms with Gasteiger partial charge in [0.05, 0.1) is 5.69 Å². The zero-order valence-electron chi connectivity index (χ0n) is 10.3. The molecule has 3 aromatic rings. The van der Waals surface area contributed by atoms with E-state index in [4.69, 9.17) is 0 Å². The van der Waals surface area contributed by atoms with Crippen molar-refractivity contribution in [3.8, 4) is 11.4 Å². The molecule has 1 N–H and O–H groups in total. The molecule has 0 saturated heterocycles. The van der Waals surface area contributed by atoms with Crippen LogP contribution in [0.2, 0.25) is 0 Å². The fraction of sp³-hybridized carbons (Fsp3) is 0.0769. The first-order valence-electron chi connectivity index (χ1n) is 5.93. The summed E-state index contributed by atoms with van der Waals surface area (Å²) in [7, 11) is 0. The number of ketones is 1. The number of benzene rings is 1. The minimum atomic E-state index is -0.330. The Labute approximate surface area is 113 Å². The minimum Gasteiger partial charge on any atom is -0.359 e. The Bertz CT molecular complexity index is 718. The summed E-state index contributed by atoms with van der Waals surface area (Å²) in [6.45, 7) is -0.00525. The number of hydrogen-bond acceptors (Lipinski definition) is 4. The standard InChI is InChI=1S/C13H10FN5O/c14-10-5-3-9(4-6-10)13-16-18-19(17-13)8-12(20)11-2-1-7-15-11/h1-7,15H,8H2. The lowest BCUT2D eigenvalue weighted by Gasteiger charge is -1.96. The third kappa shape index (κ3) is 2.46. The molecule has 0 atom stereocenters. The van der Waals surface area contributed by atoms with Crippen molar-refractivity contribution >= 4 is 5.78 Å². The molecule has 0 radical (unpaired) electrons. The number of carbonyl (C=O) groups is 1. The van der Waals surface area contributed by atoms with Crippen LogP contribution < -0.4 is 0 Å². The van der Waals surface area contributed by atoms with Crippen LogP contribution in [0.25, 0.3) is 11.4 Å². The van der Waals surface area contributed by atoms with Crippen LogP contribution in [0.3, 0.4) is 0 Å². The van der Waals surface area contributed by atoms with Crippen LogP contribution in [0.5, 0.6) is 0 Å². The van der Waals surface area contributed by atoms with Crippen molar-refractivity contribution < 1.29 is 9.18 Å². The van der Waals surface area contributed by atoms with Gasteiger partial charge in [-0.15, -0.1) is 10.2 Å². The number of rotatable bonds is 4. The smallest absolute Gasteiger partial charge is 0.204 e. The Balaban J connectivity index is 1.77. The molecule has 3 rings (SSSR count). The van der Waals surface area contributed by atoms with Crippen LogP contribution in [0.15, 0.2) is 42.6 Å². The van der Waals surface area contributed by atoms with Crippen molar-refractivity contribution in [2.75, 3.05) is 0 Å². The van der Waals surface area contributed by atoms with E-state index >= 15 is 0 Å². The molecule has 0 bridgehead atoms. The topological polar surface area (TPSA) is 76.5 Å². The van der Waals surface area contributed by atoms with E-state index in [2.05, 4.69) is 20.4 Å². The average Bonchev–Trinajstić information content (AvgIpc) is 3.10. The number of carbonyl (C=O) groups excluding carboxylic acids is 1. The van der Waals surface area contributed by atoms with Crippen molar-refractivity contribution in [3.63, 3.8) is 0 Å². The van der Waals surface area contributed by atoms with E-state index in [1.807, 2.05) is 0 Å². The third-order valence-corrected chi connectivity index (χ3v) is 2.74. The van der Waals surface area contributed by atoms with Crippen LogP contribution in [0.1, 0.15) is 10.5 Å². The zero-order chi connectivity index (χ0) is 13.9. The van der Waals surface area contributed by atoms with Crippen LogP contribution in [0.4, 0.5) is 4.39 Å². The summed E-state index contributed by atoms with van der Waals surface area (Å²) in [5, 5.41) is 11.8. The fourth-order valence-electron chi connectivity index (χ4n) is 1.74. The minimum absolute atomic E-state index is 0.00525. The summed E-state index contributed by atoms with van der Waals surface area (Å²) in [4.78, 5) is 15.9. The summed E-state index contributed by atoms with van der Waals surface area (Å²) in [5.41, 5.74) is 1.13. The SMILES string of the molecule is O=C(Cn1nnc(-c2ccc(F)cc2)n1)c1ccc[nH]1. The summed E-state index contributed by atoms with van der Waals surface area (Å²) in [5.74, 6) is -0.120. The normalized spacial score (nSPS) is 10.7. The monoisotopic (exact) mass is 271 g/mol. The van der Waals surface area contributed by atoms with Crippen molar-refractivity contribution in [3.05, 3.63) is 54.1 Å². The van der Waals surface area contributed by atoms with Gasteiger partial charge in [0.15, 0.2) is 0 Å². The highest BCUT2D eigenvalue weighted by Crippen LogP contribution is 2.13. The summed E-state index contributed by atoms with van der Waals surface area (Å²) in [6.07, 6.45) is 1.67. The molecule has 2 heterocycles. The fourth-order valence-corrected chi connectivity index (χ4v) is 1.74. The number of hydrogen-bond donors (Lipinski definition) is 1. The van der Waals surface area contributed by atoms with Gasteiger partial charge in [-0.3, -0.25) is 4.79 Å². The summed E-state index contributed by atoms with van der Waals surface area (Å²) >= 11 is 0. The first-order valence-corrected chi connectivity index (χ1v) is 5.93. The molecule has 100 valence electrons. The zero-order valence-corrected chi connectivity index (χ0v) is 10.3. The highest BCUT2D eigenvalue weighted by molar-refractivity contribution is 5.93. The number of aromatic nitrogens is 5. The molecule has 0 aliphatic heterocycles. The van der Waals surface area contributed by atoms with Gasteiger partial charge in [0.2, 0.25) is 11.6 Å². The maximum atomic E-state index is 12.8. The second kappa shape index (κ2) is 5.04. The Morgan fingerprint density at radius 1 is 1.25 bits per heavy atom. The van der Waals surface area contributed by atoms with E-state index < -0.39 is 0 Å². The number of H-pyrrole nitrogens is 1. The first-order chi connectivity index (χ1) is 9.72. The number of aromatic amines is 1. The van der Waals surface area contributed by atoms with E-state index in [1.165, 1.54) is 16.9 Å². The Kier molecular flexibility index (Phi) is 3.08. The molecule has 0 spiro atoms. The second-order valence-electron chi connectivity index (χ2n) is 4.16. The van der Waals surface area contributed by atoms with E-state index in [9.17, 15) is 9.18 Å². The molecule has 0 aliphatic rings. The van der Waals surface area contributed by atoms with Crippen LogP contribution in [-0.2, 0) is 6.54 Å². The van der Waals surface area contributed by atoms with E-state index in [0.29, 0.717) is 17.1 Å². The van der Waals surface area contributed by atoms with Crippen LogP contribution >= 0.6 is 0 Å². The molecular formula is C13H10FN5O. The number of nitrogens with zero attached hydrogens (tertiary/aromatic N) is 4. The number of nitrogens with one attached hydrogen (secondary N) is 1. The molecule has 0 fully saturated rings. The molecule has 20 heavy (non-hydrogen) atoms. The lowest BCUT2D eigenvalue weighted by molar-refractivity contribution is 0.0957. The lowest BCUT2D eigenvalue weighted by Crippen LogP contribution is -2.13. The molecular weight excluding hydrogens is 261 g/mol. The first kappa shape index (κ1) is 12.2. The van der Waals surface area contributed by atoms with Crippen molar-refractivity contribution in [2.24, 2.45) is 0 Å². The van der Waals surface area contributed by atoms with E-state index in [-0.39, 0.29) is 18.1 Å². The molecule has 2 aromatic heterocycles. The van der Waals surface area contributed by atoms with Crippen molar-refractivity contribution in [2.45, 2.75) is 6.54 Å². The second-order valence-corrected chi connectivity index (χ2v) is 4.16. The van der Waals surface area contributed by atoms with Gasteiger partial charge in [-0.2, -0.15) is 4.80 Å². The van der Waals surface area contributed by atoms with E-state index in [1.54, 1.807) is 30.5 Å². The van der Waals surface area contributed by atoms with Crippen molar-refractivity contribution in [1.82, 2.24) is 25.2 Å². The maximum Gasteiger partial charge on any atom is 0.204 e. The van der Waals surface area contributed by atoms with Gasteiger partial charge in [-0.1, -0.05) is 0 Å². The van der Waals surface area contributed by atoms with Gasteiger partial charge < -0.3 is 4.98 Å². The molecule has 1 aromatic carbocycles. The molecule has 0 aliphatic carbocycles. The molecule has 7 heteroatoms. The average molecular weight is 271 g/mol. The number of tetrazole rings is 1. The predicted octanol–water partition coefficient (Wildman–Crippen LogP) is 1.69. The highest BCUT2D eigenvalue weighted by atomic mass is 19.1. The molecule has 0 saturated carbocycles. The third-order valence-electron chi connectivity index (χ3n) is 2.74. The Morgan fingerprint density at radius 3 is 2.75 bits per heavy atom. The number of halogens is 1. The Morgan fingerprint density at radius 2 is 2.05 bits per heavy atom. The Hall–Kier alpha value is -2.83. The maximum absolute atomic E-state index is 12.8. The van der Waals surface area contributed by atoms with Gasteiger partial charge in [0, 0.05) is 11.8 Å². The molecule has 0 amide bonds. The largest absolute Gasteiger partial charge is 0.359 e. The number of Topliss-reactive ketones (excluding diaryl/α,β-unsaturated/α-hetero) is 1. The van der Waals surface area contributed by atoms with Gasteiger partial charge in [-0.25, -0.2) is 4.39 Å². The van der Waals surface area contributed by atoms with Crippen LogP contribution in [0, 0.1) is 5.82 Å². The van der Waals surface area contributed by atoms with Gasteiger partial charge in [0.1, 0.15) is 12.4 Å².